The highest BCUT2D eigenvalue weighted by Crippen LogP contribution is 2.14. The van der Waals surface area contributed by atoms with E-state index >= 15 is 0 Å². The number of hydrogen-bond acceptors (Lipinski definition) is 2. The minimum absolute atomic E-state index is 0.0387. The van der Waals surface area contributed by atoms with Gasteiger partial charge in [-0.25, -0.2) is 4.39 Å². The molecule has 0 saturated carbocycles. The highest BCUT2D eigenvalue weighted by molar-refractivity contribution is 5.28. The zero-order valence-corrected chi connectivity index (χ0v) is 8.83. The van der Waals surface area contributed by atoms with E-state index in [9.17, 15) is 9.50 Å². The van der Waals surface area contributed by atoms with Crippen LogP contribution in [0.5, 0.6) is 5.75 Å². The Hall–Kier alpha value is -1.35. The Bertz CT molecular complexity index is 318. The van der Waals surface area contributed by atoms with Gasteiger partial charge in [0.05, 0.1) is 0 Å². The van der Waals surface area contributed by atoms with Crippen LogP contribution >= 0.6 is 0 Å². The van der Waals surface area contributed by atoms with Gasteiger partial charge in [-0.2, -0.15) is 0 Å². The van der Waals surface area contributed by atoms with Crippen molar-refractivity contribution in [2.24, 2.45) is 0 Å². The van der Waals surface area contributed by atoms with Gasteiger partial charge in [-0.05, 0) is 31.0 Å². The van der Waals surface area contributed by atoms with E-state index in [-0.39, 0.29) is 5.75 Å². The summed E-state index contributed by atoms with van der Waals surface area (Å²) in [5.74, 6) is -0.452. The van der Waals surface area contributed by atoms with Crippen LogP contribution in [0, 0.1) is 5.82 Å². The van der Waals surface area contributed by atoms with Crippen LogP contribution in [0.4, 0.5) is 4.39 Å². The fourth-order valence-corrected chi connectivity index (χ4v) is 1.36. The summed E-state index contributed by atoms with van der Waals surface area (Å²) < 4.78 is 12.9. The lowest BCUT2D eigenvalue weighted by atomic mass is 10.2. The van der Waals surface area contributed by atoms with Gasteiger partial charge in [0.2, 0.25) is 0 Å². The summed E-state index contributed by atoms with van der Waals surface area (Å²) in [5, 5.41) is 12.4. The van der Waals surface area contributed by atoms with Gasteiger partial charge in [0, 0.05) is 18.7 Å². The van der Waals surface area contributed by atoms with Crippen LogP contribution in [-0.2, 0) is 6.54 Å². The average molecular weight is 209 g/mol. The molecule has 3 heteroatoms. The molecule has 0 aromatic heterocycles. The van der Waals surface area contributed by atoms with Gasteiger partial charge in [-0.3, -0.25) is 0 Å². The molecule has 2 N–H and O–H groups in total. The topological polar surface area (TPSA) is 32.3 Å². The zero-order chi connectivity index (χ0) is 11.3. The monoisotopic (exact) mass is 209 g/mol. The Morgan fingerprint density at radius 3 is 2.87 bits per heavy atom. The second kappa shape index (κ2) is 5.51. The molecule has 0 amide bonds. The number of halogens is 1. The molecule has 1 unspecified atom stereocenters. The molecule has 0 saturated heterocycles. The lowest BCUT2D eigenvalue weighted by Gasteiger charge is -2.11. The maximum Gasteiger partial charge on any atom is 0.127 e. The molecule has 0 aliphatic carbocycles. The summed E-state index contributed by atoms with van der Waals surface area (Å²) in [7, 11) is 0. The number of rotatable bonds is 5. The van der Waals surface area contributed by atoms with E-state index in [1.807, 2.05) is 13.0 Å². The fourth-order valence-electron chi connectivity index (χ4n) is 1.36. The van der Waals surface area contributed by atoms with Gasteiger partial charge in [-0.1, -0.05) is 6.08 Å². The van der Waals surface area contributed by atoms with E-state index in [0.29, 0.717) is 12.6 Å². The molecular weight excluding hydrogens is 193 g/mol. The van der Waals surface area contributed by atoms with Crippen LogP contribution in [0.2, 0.25) is 0 Å². The van der Waals surface area contributed by atoms with Crippen LogP contribution in [0.25, 0.3) is 0 Å². The lowest BCUT2D eigenvalue weighted by Crippen LogP contribution is -2.24. The van der Waals surface area contributed by atoms with Crippen molar-refractivity contribution >= 4 is 0 Å². The van der Waals surface area contributed by atoms with Gasteiger partial charge in [0.25, 0.3) is 0 Å². The van der Waals surface area contributed by atoms with E-state index in [1.54, 1.807) is 6.07 Å². The van der Waals surface area contributed by atoms with E-state index in [2.05, 4.69) is 11.9 Å². The molecule has 1 rings (SSSR count). The number of phenolic OH excluding ortho intramolecular Hbond substituents is 1. The molecular formula is C12H16FNO. The van der Waals surface area contributed by atoms with Gasteiger partial charge in [-0.15, -0.1) is 6.58 Å². The normalized spacial score (nSPS) is 12.4. The molecule has 0 spiro atoms. The average Bonchev–Trinajstić information content (AvgIpc) is 2.14. The quantitative estimate of drug-likeness (QED) is 0.730. The number of nitrogens with one attached hydrogen (secondary N) is 1. The third kappa shape index (κ3) is 4.13. The molecule has 0 aliphatic heterocycles. The number of benzene rings is 1. The van der Waals surface area contributed by atoms with Crippen LogP contribution < -0.4 is 5.32 Å². The Morgan fingerprint density at radius 2 is 2.27 bits per heavy atom. The predicted octanol–water partition coefficient (Wildman–Crippen LogP) is 2.59. The highest BCUT2D eigenvalue weighted by Gasteiger charge is 2.02. The minimum atomic E-state index is -0.414. The Morgan fingerprint density at radius 1 is 1.53 bits per heavy atom. The molecule has 2 nitrogen and oxygen atoms in total. The molecule has 0 radical (unpaired) electrons. The minimum Gasteiger partial charge on any atom is -0.508 e. The van der Waals surface area contributed by atoms with Crippen molar-refractivity contribution in [3.05, 3.63) is 42.2 Å². The first-order chi connectivity index (χ1) is 7.11. The van der Waals surface area contributed by atoms with Gasteiger partial charge < -0.3 is 10.4 Å². The van der Waals surface area contributed by atoms with Crippen molar-refractivity contribution in [3.63, 3.8) is 0 Å². The summed E-state index contributed by atoms with van der Waals surface area (Å²) in [4.78, 5) is 0. The Balaban J connectivity index is 2.53. The number of hydrogen-bond donors (Lipinski definition) is 2. The van der Waals surface area contributed by atoms with Crippen molar-refractivity contribution in [1.82, 2.24) is 5.32 Å². The number of aromatic hydroxyl groups is 1. The van der Waals surface area contributed by atoms with E-state index < -0.39 is 5.82 Å². The van der Waals surface area contributed by atoms with Crippen LogP contribution in [-0.4, -0.2) is 11.1 Å². The van der Waals surface area contributed by atoms with Crippen molar-refractivity contribution in [2.45, 2.75) is 25.9 Å². The predicted molar refractivity (Wildman–Crippen MR) is 59.2 cm³/mol. The first kappa shape index (κ1) is 11.7. The van der Waals surface area contributed by atoms with Crippen molar-refractivity contribution in [2.75, 3.05) is 0 Å². The van der Waals surface area contributed by atoms with Gasteiger partial charge >= 0.3 is 0 Å². The smallest absolute Gasteiger partial charge is 0.127 e. The number of phenols is 1. The molecule has 0 bridgehead atoms. The van der Waals surface area contributed by atoms with Crippen molar-refractivity contribution < 1.29 is 9.50 Å². The van der Waals surface area contributed by atoms with E-state index in [0.717, 1.165) is 18.1 Å². The maximum absolute atomic E-state index is 12.9. The van der Waals surface area contributed by atoms with Gasteiger partial charge in [0.15, 0.2) is 0 Å². The molecule has 0 aliphatic rings. The maximum atomic E-state index is 12.9. The SMILES string of the molecule is C=CCC(C)NCc1cc(O)cc(F)c1. The van der Waals surface area contributed by atoms with E-state index in [1.165, 1.54) is 6.07 Å². The summed E-state index contributed by atoms with van der Waals surface area (Å²) in [6, 6.07) is 4.36. The zero-order valence-electron chi connectivity index (χ0n) is 8.83. The Labute approximate surface area is 89.4 Å². The van der Waals surface area contributed by atoms with Crippen molar-refractivity contribution in [1.29, 1.82) is 0 Å². The first-order valence-corrected chi connectivity index (χ1v) is 4.94. The molecule has 0 heterocycles. The van der Waals surface area contributed by atoms with Crippen LogP contribution in [0.15, 0.2) is 30.9 Å². The summed E-state index contributed by atoms with van der Waals surface area (Å²) >= 11 is 0. The largest absolute Gasteiger partial charge is 0.508 e. The third-order valence-electron chi connectivity index (χ3n) is 2.12. The second-order valence-corrected chi connectivity index (χ2v) is 3.62. The summed E-state index contributed by atoms with van der Waals surface area (Å²) in [6.45, 7) is 6.21. The van der Waals surface area contributed by atoms with Crippen molar-refractivity contribution in [3.8, 4) is 5.75 Å². The third-order valence-corrected chi connectivity index (χ3v) is 2.12. The highest BCUT2D eigenvalue weighted by atomic mass is 19.1. The second-order valence-electron chi connectivity index (χ2n) is 3.62. The van der Waals surface area contributed by atoms with Crippen LogP contribution in [0.1, 0.15) is 18.9 Å². The standard InChI is InChI=1S/C12H16FNO/c1-3-4-9(2)14-8-10-5-11(13)7-12(15)6-10/h3,5-7,9,14-15H,1,4,8H2,2H3. The first-order valence-electron chi connectivity index (χ1n) is 4.94. The molecule has 82 valence electrons. The molecule has 1 aromatic carbocycles. The molecule has 1 atom stereocenters. The Kier molecular flexibility index (Phi) is 4.31. The molecule has 0 fully saturated rings. The summed E-state index contributed by atoms with van der Waals surface area (Å²) in [5.41, 5.74) is 0.739. The lowest BCUT2D eigenvalue weighted by molar-refractivity contribution is 0.466. The fraction of sp³-hybridized carbons (Fsp3) is 0.333. The van der Waals surface area contributed by atoms with Gasteiger partial charge in [0.1, 0.15) is 11.6 Å². The van der Waals surface area contributed by atoms with E-state index in [4.69, 9.17) is 0 Å². The molecule has 15 heavy (non-hydrogen) atoms. The summed E-state index contributed by atoms with van der Waals surface area (Å²) in [6.07, 6.45) is 2.70. The van der Waals surface area contributed by atoms with Crippen LogP contribution in [0.3, 0.4) is 0 Å². The molecule has 1 aromatic rings.